The van der Waals surface area contributed by atoms with E-state index in [1.54, 1.807) is 54.5 Å². The van der Waals surface area contributed by atoms with E-state index in [2.05, 4.69) is 10.4 Å². The van der Waals surface area contributed by atoms with Crippen LogP contribution < -0.4 is 11.0 Å². The second-order valence-corrected chi connectivity index (χ2v) is 7.06. The Morgan fingerprint density at radius 3 is 2.28 bits per heavy atom. The Kier molecular flexibility index (Phi) is 4.34. The molecule has 0 atom stereocenters. The molecular weight excluding hydrogens is 373 g/mol. The average molecular weight is 393 g/mol. The number of fused-ring (bicyclic) bond motifs is 1. The molecule has 0 aliphatic rings. The number of carbonyl (C=O) groups excluding carboxylic acids is 1. The number of anilines is 1. The van der Waals surface area contributed by atoms with Crippen molar-refractivity contribution in [2.24, 2.45) is 21.1 Å². The van der Waals surface area contributed by atoms with Gasteiger partial charge < -0.3 is 5.32 Å². The maximum atomic E-state index is 13.1. The Morgan fingerprint density at radius 1 is 1.00 bits per heavy atom. The van der Waals surface area contributed by atoms with Gasteiger partial charge in [0.25, 0.3) is 5.91 Å². The molecule has 2 heterocycles. The fourth-order valence-corrected chi connectivity index (χ4v) is 3.41. The minimum Gasteiger partial charge on any atom is -0.320 e. The van der Waals surface area contributed by atoms with Crippen LogP contribution in [0.1, 0.15) is 16.1 Å². The fraction of sp³-hybridized carbons (Fsp3) is 0.190. The molecule has 4 aromatic rings. The molecule has 0 unspecified atom stereocenters. The van der Waals surface area contributed by atoms with E-state index < -0.39 is 0 Å². The van der Waals surface area contributed by atoms with E-state index in [1.807, 2.05) is 13.0 Å². The van der Waals surface area contributed by atoms with Crippen LogP contribution in [0.25, 0.3) is 22.3 Å². The van der Waals surface area contributed by atoms with Crippen molar-refractivity contribution in [1.29, 1.82) is 0 Å². The minimum absolute atomic E-state index is 0.126. The molecule has 8 heteroatoms. The van der Waals surface area contributed by atoms with Gasteiger partial charge >= 0.3 is 5.69 Å². The molecule has 4 rings (SSSR count). The third-order valence-electron chi connectivity index (χ3n) is 5.12. The number of hydrogen-bond donors (Lipinski definition) is 1. The van der Waals surface area contributed by atoms with Gasteiger partial charge in [-0.15, -0.1) is 0 Å². The van der Waals surface area contributed by atoms with Gasteiger partial charge in [0, 0.05) is 32.4 Å². The first-order valence-corrected chi connectivity index (χ1v) is 9.03. The van der Waals surface area contributed by atoms with Crippen LogP contribution in [0.15, 0.2) is 47.3 Å². The van der Waals surface area contributed by atoms with Gasteiger partial charge in [-0.2, -0.15) is 5.10 Å². The van der Waals surface area contributed by atoms with Gasteiger partial charge in [-0.25, -0.2) is 9.18 Å². The monoisotopic (exact) mass is 393 g/mol. The van der Waals surface area contributed by atoms with Crippen LogP contribution in [0.2, 0.25) is 0 Å². The third-order valence-corrected chi connectivity index (χ3v) is 5.12. The van der Waals surface area contributed by atoms with Crippen molar-refractivity contribution in [3.8, 4) is 11.3 Å². The summed E-state index contributed by atoms with van der Waals surface area (Å²) in [6.45, 7) is 1.87. The number of imidazole rings is 1. The number of nitrogens with zero attached hydrogens (tertiary/aromatic N) is 4. The lowest BCUT2D eigenvalue weighted by atomic mass is 10.1. The Hall–Kier alpha value is -3.68. The predicted octanol–water partition coefficient (Wildman–Crippen LogP) is 2.98. The maximum absolute atomic E-state index is 13.1. The SMILES string of the molecule is Cc1cc2c(cc1NC(=O)c1cc(-c3ccc(F)cc3)nn1C)n(C)c(=O)n2C. The van der Waals surface area contributed by atoms with Crippen molar-refractivity contribution in [3.63, 3.8) is 0 Å². The smallest absolute Gasteiger partial charge is 0.320 e. The van der Waals surface area contributed by atoms with Gasteiger partial charge in [0.1, 0.15) is 11.5 Å². The number of aryl methyl sites for hydroxylation is 4. The van der Waals surface area contributed by atoms with E-state index >= 15 is 0 Å². The molecule has 2 aromatic heterocycles. The summed E-state index contributed by atoms with van der Waals surface area (Å²) in [6.07, 6.45) is 0. The molecule has 0 fully saturated rings. The number of aromatic nitrogens is 4. The standard InChI is InChI=1S/C21H20FN5O2/c1-12-9-17-18(26(3)21(29)25(17)2)10-15(12)23-20(28)19-11-16(24-27(19)4)13-5-7-14(22)8-6-13/h5-11H,1-4H3,(H,23,28). The summed E-state index contributed by atoms with van der Waals surface area (Å²) >= 11 is 0. The van der Waals surface area contributed by atoms with Crippen molar-refractivity contribution in [1.82, 2.24) is 18.9 Å². The summed E-state index contributed by atoms with van der Waals surface area (Å²) < 4.78 is 17.8. The summed E-state index contributed by atoms with van der Waals surface area (Å²) in [5.41, 5.74) is 4.53. The molecule has 1 N–H and O–H groups in total. The van der Waals surface area contributed by atoms with Gasteiger partial charge in [-0.3, -0.25) is 18.6 Å². The molecule has 2 aromatic carbocycles. The highest BCUT2D eigenvalue weighted by Crippen LogP contribution is 2.24. The van der Waals surface area contributed by atoms with Gasteiger partial charge in [0.05, 0.1) is 16.7 Å². The fourth-order valence-electron chi connectivity index (χ4n) is 3.41. The van der Waals surface area contributed by atoms with Crippen molar-refractivity contribution in [3.05, 3.63) is 70.0 Å². The molecule has 7 nitrogen and oxygen atoms in total. The van der Waals surface area contributed by atoms with Crippen LogP contribution in [0.4, 0.5) is 10.1 Å². The van der Waals surface area contributed by atoms with E-state index in [0.29, 0.717) is 17.1 Å². The zero-order valence-corrected chi connectivity index (χ0v) is 16.5. The van der Waals surface area contributed by atoms with E-state index in [1.165, 1.54) is 16.8 Å². The number of nitrogens with one attached hydrogen (secondary N) is 1. The third kappa shape index (κ3) is 3.12. The molecule has 0 bridgehead atoms. The second-order valence-electron chi connectivity index (χ2n) is 7.06. The molecule has 0 aliphatic carbocycles. The Bertz CT molecular complexity index is 1310. The highest BCUT2D eigenvalue weighted by molar-refractivity contribution is 6.05. The van der Waals surface area contributed by atoms with Crippen LogP contribution in [0.3, 0.4) is 0 Å². The largest absolute Gasteiger partial charge is 0.328 e. The summed E-state index contributed by atoms with van der Waals surface area (Å²) in [4.78, 5) is 25.0. The molecule has 0 aliphatic heterocycles. The van der Waals surface area contributed by atoms with E-state index in [9.17, 15) is 14.0 Å². The number of amides is 1. The zero-order chi connectivity index (χ0) is 20.9. The van der Waals surface area contributed by atoms with Crippen LogP contribution in [-0.2, 0) is 21.1 Å². The Labute approximate surface area is 166 Å². The summed E-state index contributed by atoms with van der Waals surface area (Å²) in [6, 6.07) is 11.3. The molecule has 0 saturated carbocycles. The molecule has 0 spiro atoms. The predicted molar refractivity (Wildman–Crippen MR) is 109 cm³/mol. The average Bonchev–Trinajstić information content (AvgIpc) is 3.17. The lowest BCUT2D eigenvalue weighted by Crippen LogP contribution is -2.19. The highest BCUT2D eigenvalue weighted by atomic mass is 19.1. The van der Waals surface area contributed by atoms with Crippen molar-refractivity contribution < 1.29 is 9.18 Å². The lowest BCUT2D eigenvalue weighted by molar-refractivity contribution is 0.101. The topological polar surface area (TPSA) is 73.8 Å². The van der Waals surface area contributed by atoms with E-state index in [0.717, 1.165) is 22.2 Å². The number of benzene rings is 2. The van der Waals surface area contributed by atoms with E-state index in [-0.39, 0.29) is 17.4 Å². The molecule has 0 radical (unpaired) electrons. The first-order valence-electron chi connectivity index (χ1n) is 9.03. The number of rotatable bonds is 3. The molecular formula is C21H20FN5O2. The van der Waals surface area contributed by atoms with Crippen molar-refractivity contribution in [2.45, 2.75) is 6.92 Å². The molecule has 148 valence electrons. The lowest BCUT2D eigenvalue weighted by Gasteiger charge is -2.09. The Balaban J connectivity index is 1.68. The van der Waals surface area contributed by atoms with Crippen LogP contribution in [0, 0.1) is 12.7 Å². The number of hydrogen-bond acceptors (Lipinski definition) is 3. The first-order chi connectivity index (χ1) is 13.8. The van der Waals surface area contributed by atoms with Crippen molar-refractivity contribution >= 4 is 22.6 Å². The molecule has 0 saturated heterocycles. The van der Waals surface area contributed by atoms with E-state index in [4.69, 9.17) is 0 Å². The zero-order valence-electron chi connectivity index (χ0n) is 16.5. The Morgan fingerprint density at radius 2 is 1.62 bits per heavy atom. The minimum atomic E-state index is -0.330. The van der Waals surface area contributed by atoms with Gasteiger partial charge in [-0.05, 0) is 55.0 Å². The summed E-state index contributed by atoms with van der Waals surface area (Å²) in [7, 11) is 5.09. The normalized spacial score (nSPS) is 11.2. The number of halogens is 1. The molecule has 1 amide bonds. The van der Waals surface area contributed by atoms with Crippen LogP contribution in [0.5, 0.6) is 0 Å². The van der Waals surface area contributed by atoms with Gasteiger partial charge in [-0.1, -0.05) is 0 Å². The second kappa shape index (κ2) is 6.73. The van der Waals surface area contributed by atoms with Crippen LogP contribution in [-0.4, -0.2) is 24.8 Å². The first kappa shape index (κ1) is 18.7. The quantitative estimate of drug-likeness (QED) is 0.582. The molecule has 29 heavy (non-hydrogen) atoms. The summed E-state index contributed by atoms with van der Waals surface area (Å²) in [5, 5.41) is 7.26. The number of carbonyl (C=O) groups is 1. The van der Waals surface area contributed by atoms with Crippen molar-refractivity contribution in [2.75, 3.05) is 5.32 Å². The highest BCUT2D eigenvalue weighted by Gasteiger charge is 2.17. The summed E-state index contributed by atoms with van der Waals surface area (Å²) in [5.74, 6) is -0.652. The van der Waals surface area contributed by atoms with Crippen LogP contribution >= 0.6 is 0 Å². The maximum Gasteiger partial charge on any atom is 0.328 e. The van der Waals surface area contributed by atoms with Gasteiger partial charge in [0.15, 0.2) is 0 Å². The van der Waals surface area contributed by atoms with Gasteiger partial charge in [0.2, 0.25) is 0 Å².